The molecule has 0 N–H and O–H groups in total. The molecule has 0 radical (unpaired) electrons. The minimum absolute atomic E-state index is 0.106. The van der Waals surface area contributed by atoms with Crippen molar-refractivity contribution in [3.8, 4) is 0 Å². The van der Waals surface area contributed by atoms with Crippen molar-refractivity contribution in [1.29, 1.82) is 0 Å². The third-order valence-corrected chi connectivity index (χ3v) is 8.10. The first-order valence-electron chi connectivity index (χ1n) is 10.5. The Balaban J connectivity index is 3.23. The van der Waals surface area contributed by atoms with Gasteiger partial charge in [0.05, 0.1) is 0 Å². The van der Waals surface area contributed by atoms with Crippen LogP contribution in [0.15, 0.2) is 24.3 Å². The predicted molar refractivity (Wildman–Crippen MR) is 113 cm³/mol. The highest BCUT2D eigenvalue weighted by molar-refractivity contribution is 6.75. The van der Waals surface area contributed by atoms with Crippen LogP contribution >= 0.6 is 0 Å². The van der Waals surface area contributed by atoms with E-state index in [9.17, 15) is 0 Å². The lowest BCUT2D eigenvalue weighted by atomic mass is 10.1. The predicted octanol–water partition coefficient (Wildman–Crippen LogP) is 5.62. The van der Waals surface area contributed by atoms with E-state index < -0.39 is 8.80 Å². The summed E-state index contributed by atoms with van der Waals surface area (Å²) in [7, 11) is -2.98. The van der Waals surface area contributed by atoms with Crippen molar-refractivity contribution in [2.75, 3.05) is 0 Å². The molecule has 1 aromatic carbocycles. The molecule has 0 aliphatic rings. The summed E-state index contributed by atoms with van der Waals surface area (Å²) in [5.74, 6) is 0. The number of unbranched alkanes of at least 4 members (excludes halogenated alkanes) is 1. The van der Waals surface area contributed by atoms with Crippen molar-refractivity contribution < 1.29 is 13.3 Å². The van der Waals surface area contributed by atoms with E-state index in [0.29, 0.717) is 0 Å². The molecule has 0 saturated heterocycles. The van der Waals surface area contributed by atoms with E-state index in [1.807, 2.05) is 0 Å². The molecular formula is C22H40O3Si. The normalized spacial score (nSPS) is 17.5. The van der Waals surface area contributed by atoms with E-state index >= 15 is 0 Å². The lowest BCUT2D eigenvalue weighted by molar-refractivity contribution is 0.000762. The molecule has 3 unspecified atom stereocenters. The van der Waals surface area contributed by atoms with Gasteiger partial charge in [-0.3, -0.25) is 0 Å². The van der Waals surface area contributed by atoms with Crippen LogP contribution in [0.1, 0.15) is 86.1 Å². The Hall–Kier alpha value is -0.683. The zero-order valence-corrected chi connectivity index (χ0v) is 19.0. The smallest absolute Gasteiger partial charge is 0.367 e. The average Bonchev–Trinajstić information content (AvgIpc) is 2.66. The molecule has 0 heterocycles. The maximum atomic E-state index is 6.53. The van der Waals surface area contributed by atoms with E-state index in [4.69, 9.17) is 13.3 Å². The van der Waals surface area contributed by atoms with Crippen molar-refractivity contribution in [3.05, 3.63) is 29.8 Å². The first-order valence-corrected chi connectivity index (χ1v) is 12.3. The summed E-state index contributed by atoms with van der Waals surface area (Å²) in [6.07, 6.45) is 6.70. The Morgan fingerprint density at radius 1 is 0.731 bits per heavy atom. The third kappa shape index (κ3) is 7.14. The summed E-state index contributed by atoms with van der Waals surface area (Å²) >= 11 is 0. The molecular weight excluding hydrogens is 340 g/mol. The summed E-state index contributed by atoms with van der Waals surface area (Å²) in [5.41, 5.74) is 1.37. The highest BCUT2D eigenvalue weighted by Crippen LogP contribution is 2.21. The van der Waals surface area contributed by atoms with Crippen molar-refractivity contribution in [1.82, 2.24) is 0 Å². The molecule has 0 aliphatic heterocycles. The van der Waals surface area contributed by atoms with Crippen LogP contribution in [-0.2, 0) is 19.7 Å². The molecule has 4 heteroatoms. The summed E-state index contributed by atoms with van der Waals surface area (Å²) in [6.45, 7) is 15.0. The van der Waals surface area contributed by atoms with Crippen LogP contribution in [0.3, 0.4) is 0 Å². The largest absolute Gasteiger partial charge is 0.537 e. The number of rotatable bonds is 13. The lowest BCUT2D eigenvalue weighted by Gasteiger charge is -2.36. The second kappa shape index (κ2) is 11.9. The number of benzene rings is 1. The van der Waals surface area contributed by atoms with Gasteiger partial charge in [0.25, 0.3) is 0 Å². The molecule has 3 atom stereocenters. The molecule has 3 nitrogen and oxygen atoms in total. The molecule has 26 heavy (non-hydrogen) atoms. The topological polar surface area (TPSA) is 27.7 Å². The molecule has 0 spiro atoms. The van der Waals surface area contributed by atoms with E-state index in [2.05, 4.69) is 72.7 Å². The molecule has 0 saturated carbocycles. The van der Waals surface area contributed by atoms with Gasteiger partial charge in [0, 0.05) is 23.5 Å². The third-order valence-electron chi connectivity index (χ3n) is 4.92. The van der Waals surface area contributed by atoms with Crippen molar-refractivity contribution in [2.45, 2.75) is 105 Å². The van der Waals surface area contributed by atoms with Crippen LogP contribution in [-0.4, -0.2) is 27.1 Å². The Labute approximate surface area is 162 Å². The summed E-state index contributed by atoms with van der Waals surface area (Å²) in [4.78, 5) is 0. The van der Waals surface area contributed by atoms with Gasteiger partial charge < -0.3 is 13.3 Å². The first kappa shape index (κ1) is 23.4. The molecule has 0 bridgehead atoms. The molecule has 150 valence electrons. The second-order valence-corrected chi connectivity index (χ2v) is 9.76. The van der Waals surface area contributed by atoms with E-state index in [1.54, 1.807) is 0 Å². The van der Waals surface area contributed by atoms with Gasteiger partial charge in [-0.05, 0) is 58.4 Å². The Morgan fingerprint density at radius 2 is 1.15 bits per heavy atom. The van der Waals surface area contributed by atoms with Gasteiger partial charge in [-0.1, -0.05) is 58.4 Å². The fourth-order valence-corrected chi connectivity index (χ4v) is 5.83. The second-order valence-electron chi connectivity index (χ2n) is 7.37. The van der Waals surface area contributed by atoms with Gasteiger partial charge in [-0.2, -0.15) is 0 Å². The summed E-state index contributed by atoms with van der Waals surface area (Å²) in [6, 6.07) is 8.77. The zero-order valence-electron chi connectivity index (χ0n) is 18.0. The van der Waals surface area contributed by atoms with Crippen molar-refractivity contribution in [2.24, 2.45) is 0 Å². The average molecular weight is 381 g/mol. The maximum Gasteiger partial charge on any atom is 0.537 e. The minimum atomic E-state index is -2.98. The quantitative estimate of drug-likeness (QED) is 0.416. The molecule has 0 fully saturated rings. The molecule has 0 amide bonds. The monoisotopic (exact) mass is 380 g/mol. The number of aryl methyl sites for hydroxylation is 1. The van der Waals surface area contributed by atoms with E-state index in [0.717, 1.165) is 30.9 Å². The SMILES string of the molecule is CCCCc1ccc([Si](OC(C)CC)(OC(C)CC)OC(C)CC)cc1. The Kier molecular flexibility index (Phi) is 10.7. The number of hydrogen-bond acceptors (Lipinski definition) is 3. The van der Waals surface area contributed by atoms with Crippen LogP contribution in [0.2, 0.25) is 0 Å². The summed E-state index contributed by atoms with van der Waals surface area (Å²) < 4.78 is 19.6. The van der Waals surface area contributed by atoms with Crippen LogP contribution in [0.4, 0.5) is 0 Å². The lowest BCUT2D eigenvalue weighted by Crippen LogP contribution is -2.60. The highest BCUT2D eigenvalue weighted by Gasteiger charge is 2.47. The molecule has 0 aliphatic carbocycles. The van der Waals surface area contributed by atoms with Crippen LogP contribution in [0.25, 0.3) is 0 Å². The van der Waals surface area contributed by atoms with Crippen LogP contribution in [0, 0.1) is 0 Å². The van der Waals surface area contributed by atoms with Crippen LogP contribution in [0.5, 0.6) is 0 Å². The number of hydrogen-bond donors (Lipinski definition) is 0. The minimum Gasteiger partial charge on any atom is -0.367 e. The van der Waals surface area contributed by atoms with Crippen molar-refractivity contribution >= 4 is 14.0 Å². The molecule has 1 rings (SSSR count). The molecule has 1 aromatic rings. The first-order chi connectivity index (χ1) is 12.4. The zero-order chi connectivity index (χ0) is 19.6. The van der Waals surface area contributed by atoms with Gasteiger partial charge in [0.2, 0.25) is 0 Å². The fraction of sp³-hybridized carbons (Fsp3) is 0.727. The van der Waals surface area contributed by atoms with Gasteiger partial charge in [-0.15, -0.1) is 0 Å². The van der Waals surface area contributed by atoms with Gasteiger partial charge >= 0.3 is 8.80 Å². The Bertz CT molecular complexity index is 457. The van der Waals surface area contributed by atoms with Crippen LogP contribution < -0.4 is 5.19 Å². The standard InChI is InChI=1S/C22H40O3Si/c1-8-12-13-21-14-16-22(17-15-21)26(23-18(5)9-2,24-19(6)10-3)25-20(7)11-4/h14-20H,8-13H2,1-7H3. The van der Waals surface area contributed by atoms with E-state index in [-0.39, 0.29) is 18.3 Å². The van der Waals surface area contributed by atoms with Gasteiger partial charge in [0.15, 0.2) is 0 Å². The van der Waals surface area contributed by atoms with Crippen molar-refractivity contribution in [3.63, 3.8) is 0 Å². The highest BCUT2D eigenvalue weighted by atomic mass is 28.4. The summed E-state index contributed by atoms with van der Waals surface area (Å²) in [5, 5.41) is 1.08. The molecule has 0 aromatic heterocycles. The fourth-order valence-electron chi connectivity index (χ4n) is 2.59. The van der Waals surface area contributed by atoms with Gasteiger partial charge in [0.1, 0.15) is 0 Å². The van der Waals surface area contributed by atoms with Gasteiger partial charge in [-0.25, -0.2) is 0 Å². The van der Waals surface area contributed by atoms with E-state index in [1.165, 1.54) is 18.4 Å². The Morgan fingerprint density at radius 3 is 1.50 bits per heavy atom. The maximum absolute atomic E-state index is 6.53.